The monoisotopic (exact) mass is 364 g/mol. The van der Waals surface area contributed by atoms with E-state index in [1.165, 1.54) is 18.2 Å². The molecular formula is C16H23Cl2FN2O2. The molecule has 1 amide bonds. The van der Waals surface area contributed by atoms with Gasteiger partial charge in [0.25, 0.3) is 0 Å². The number of carbonyl (C=O) groups excluding carboxylic acids is 1. The highest BCUT2D eigenvalue weighted by Crippen LogP contribution is 2.32. The van der Waals surface area contributed by atoms with Crippen molar-refractivity contribution in [2.24, 2.45) is 11.7 Å². The van der Waals surface area contributed by atoms with Crippen LogP contribution in [-0.4, -0.2) is 23.1 Å². The molecule has 0 bridgehead atoms. The van der Waals surface area contributed by atoms with Gasteiger partial charge in [0.1, 0.15) is 11.9 Å². The van der Waals surface area contributed by atoms with E-state index in [1.807, 2.05) is 6.92 Å². The highest BCUT2D eigenvalue weighted by molar-refractivity contribution is 6.31. The molecule has 0 spiro atoms. The number of nitrogens with two attached hydrogens (primary N) is 1. The summed E-state index contributed by atoms with van der Waals surface area (Å²) >= 11 is 5.90. The number of aliphatic hydroxyl groups excluding tert-OH is 1. The Morgan fingerprint density at radius 3 is 2.87 bits per heavy atom. The summed E-state index contributed by atoms with van der Waals surface area (Å²) in [5, 5.41) is 12.9. The van der Waals surface area contributed by atoms with E-state index >= 15 is 0 Å². The number of benzene rings is 1. The predicted molar refractivity (Wildman–Crippen MR) is 91.2 cm³/mol. The lowest BCUT2D eigenvalue weighted by atomic mass is 9.74. The summed E-state index contributed by atoms with van der Waals surface area (Å²) in [6.07, 6.45) is 2.32. The highest BCUT2D eigenvalue weighted by atomic mass is 35.5. The second-order valence-electron chi connectivity index (χ2n) is 6.20. The number of halogens is 3. The molecule has 4 N–H and O–H groups in total. The second-order valence-corrected chi connectivity index (χ2v) is 6.61. The average Bonchev–Trinajstić information content (AvgIpc) is 2.44. The summed E-state index contributed by atoms with van der Waals surface area (Å²) in [4.78, 5) is 12.3. The molecule has 4 nitrogen and oxygen atoms in total. The van der Waals surface area contributed by atoms with E-state index in [0.717, 1.165) is 25.7 Å². The first-order chi connectivity index (χ1) is 10.3. The van der Waals surface area contributed by atoms with Crippen LogP contribution in [-0.2, 0) is 4.79 Å². The van der Waals surface area contributed by atoms with E-state index in [-0.39, 0.29) is 41.4 Å². The van der Waals surface area contributed by atoms with Crippen molar-refractivity contribution < 1.29 is 14.3 Å². The van der Waals surface area contributed by atoms with Gasteiger partial charge in [0, 0.05) is 22.7 Å². The molecule has 0 heterocycles. The number of nitrogens with one attached hydrogen (secondary N) is 1. The fourth-order valence-corrected chi connectivity index (χ4v) is 3.33. The third kappa shape index (κ3) is 4.80. The van der Waals surface area contributed by atoms with E-state index in [1.54, 1.807) is 0 Å². The minimum atomic E-state index is -1.19. The molecule has 3 atom stereocenters. The standard InChI is InChI=1S/C16H22ClFN2O2.ClH/c1-16(19)8-3-2-5-10(16)15(22)20-9-13(21)14-11(17)6-4-7-12(14)18;/h4,6-7,10,13,21H,2-3,5,8-9,19H2,1H3,(H,20,22);1H. The maximum absolute atomic E-state index is 13.7. The van der Waals surface area contributed by atoms with Gasteiger partial charge in [-0.05, 0) is 31.9 Å². The molecule has 0 saturated heterocycles. The van der Waals surface area contributed by atoms with Crippen LogP contribution in [0.3, 0.4) is 0 Å². The van der Waals surface area contributed by atoms with Crippen molar-refractivity contribution in [2.45, 2.75) is 44.2 Å². The minimum Gasteiger partial charge on any atom is -0.386 e. The summed E-state index contributed by atoms with van der Waals surface area (Å²) in [7, 11) is 0. The lowest BCUT2D eigenvalue weighted by Gasteiger charge is -2.37. The molecule has 0 radical (unpaired) electrons. The number of carbonyl (C=O) groups is 1. The molecule has 1 aliphatic carbocycles. The molecule has 3 unspecified atom stereocenters. The van der Waals surface area contributed by atoms with Gasteiger partial charge in [0.2, 0.25) is 5.91 Å². The van der Waals surface area contributed by atoms with Crippen LogP contribution in [0.15, 0.2) is 18.2 Å². The van der Waals surface area contributed by atoms with Gasteiger partial charge in [-0.25, -0.2) is 4.39 Å². The number of aliphatic hydroxyl groups is 1. The van der Waals surface area contributed by atoms with Crippen molar-refractivity contribution in [3.8, 4) is 0 Å². The zero-order valence-corrected chi connectivity index (χ0v) is 14.6. The third-order valence-electron chi connectivity index (χ3n) is 4.37. The van der Waals surface area contributed by atoms with Gasteiger partial charge in [-0.2, -0.15) is 0 Å². The fraction of sp³-hybridized carbons (Fsp3) is 0.562. The molecule has 1 aromatic rings. The summed E-state index contributed by atoms with van der Waals surface area (Å²) in [5.74, 6) is -1.07. The maximum atomic E-state index is 13.7. The quantitative estimate of drug-likeness (QED) is 0.768. The summed E-state index contributed by atoms with van der Waals surface area (Å²) in [6.45, 7) is 1.78. The first-order valence-electron chi connectivity index (χ1n) is 7.51. The molecule has 7 heteroatoms. The molecule has 0 aliphatic heterocycles. The molecule has 1 fully saturated rings. The van der Waals surface area contributed by atoms with E-state index in [0.29, 0.717) is 0 Å². The SMILES string of the molecule is CC1(N)CCCCC1C(=O)NCC(O)c1c(F)cccc1Cl.Cl. The van der Waals surface area contributed by atoms with Crippen molar-refractivity contribution in [1.82, 2.24) is 5.32 Å². The van der Waals surface area contributed by atoms with Gasteiger partial charge in [-0.3, -0.25) is 4.79 Å². The van der Waals surface area contributed by atoms with Gasteiger partial charge in [0.05, 0.1) is 5.92 Å². The van der Waals surface area contributed by atoms with Crippen molar-refractivity contribution in [2.75, 3.05) is 6.54 Å². The van der Waals surface area contributed by atoms with Gasteiger partial charge in [-0.15, -0.1) is 12.4 Å². The number of hydrogen-bond acceptors (Lipinski definition) is 3. The Hall–Kier alpha value is -0.880. The summed E-state index contributed by atoms with van der Waals surface area (Å²) < 4.78 is 13.7. The van der Waals surface area contributed by atoms with Gasteiger partial charge < -0.3 is 16.2 Å². The fourth-order valence-electron chi connectivity index (χ4n) is 3.04. The van der Waals surface area contributed by atoms with Crippen LogP contribution in [0, 0.1) is 11.7 Å². The molecule has 1 aliphatic rings. The molecule has 0 aromatic heterocycles. The number of rotatable bonds is 4. The summed E-state index contributed by atoms with van der Waals surface area (Å²) in [6, 6.07) is 4.20. The van der Waals surface area contributed by atoms with Gasteiger partial charge >= 0.3 is 0 Å². The van der Waals surface area contributed by atoms with E-state index in [9.17, 15) is 14.3 Å². The first-order valence-corrected chi connectivity index (χ1v) is 7.89. The molecule has 1 aromatic carbocycles. The minimum absolute atomic E-state index is 0. The van der Waals surface area contributed by atoms with E-state index < -0.39 is 17.5 Å². The van der Waals surface area contributed by atoms with Crippen LogP contribution >= 0.6 is 24.0 Å². The molecule has 2 rings (SSSR count). The molecule has 23 heavy (non-hydrogen) atoms. The van der Waals surface area contributed by atoms with Crippen molar-refractivity contribution >= 4 is 29.9 Å². The normalized spacial score (nSPS) is 25.3. The summed E-state index contributed by atoms with van der Waals surface area (Å²) in [5.41, 5.74) is 5.65. The van der Waals surface area contributed by atoms with Crippen LogP contribution in [0.25, 0.3) is 0 Å². The van der Waals surface area contributed by atoms with Gasteiger partial charge in [-0.1, -0.05) is 30.5 Å². The molecule has 1 saturated carbocycles. The highest BCUT2D eigenvalue weighted by Gasteiger charge is 2.37. The zero-order valence-electron chi connectivity index (χ0n) is 13.0. The second kappa shape index (κ2) is 8.29. The topological polar surface area (TPSA) is 75.4 Å². The first kappa shape index (κ1) is 20.2. The third-order valence-corrected chi connectivity index (χ3v) is 4.70. The van der Waals surface area contributed by atoms with Crippen LogP contribution in [0.5, 0.6) is 0 Å². The number of hydrogen-bond donors (Lipinski definition) is 3. The largest absolute Gasteiger partial charge is 0.386 e. The van der Waals surface area contributed by atoms with Gasteiger partial charge in [0.15, 0.2) is 0 Å². The van der Waals surface area contributed by atoms with Crippen LogP contribution < -0.4 is 11.1 Å². The Labute approximate surface area is 147 Å². The van der Waals surface area contributed by atoms with Crippen molar-refractivity contribution in [3.63, 3.8) is 0 Å². The van der Waals surface area contributed by atoms with Crippen LogP contribution in [0.4, 0.5) is 4.39 Å². The lowest BCUT2D eigenvalue weighted by Crippen LogP contribution is -2.53. The molecule has 130 valence electrons. The van der Waals surface area contributed by atoms with E-state index in [2.05, 4.69) is 5.32 Å². The molecular weight excluding hydrogens is 342 g/mol. The van der Waals surface area contributed by atoms with Crippen molar-refractivity contribution in [1.29, 1.82) is 0 Å². The average molecular weight is 365 g/mol. The zero-order chi connectivity index (χ0) is 16.3. The Morgan fingerprint density at radius 2 is 2.26 bits per heavy atom. The van der Waals surface area contributed by atoms with Crippen LogP contribution in [0.2, 0.25) is 5.02 Å². The lowest BCUT2D eigenvalue weighted by molar-refractivity contribution is -0.128. The van der Waals surface area contributed by atoms with Crippen LogP contribution in [0.1, 0.15) is 44.3 Å². The van der Waals surface area contributed by atoms with Crippen molar-refractivity contribution in [3.05, 3.63) is 34.6 Å². The predicted octanol–water partition coefficient (Wildman–Crippen LogP) is 2.96. The Morgan fingerprint density at radius 1 is 1.57 bits per heavy atom. The smallest absolute Gasteiger partial charge is 0.225 e. The Balaban J connectivity index is 0.00000264. The Kier molecular flexibility index (Phi) is 7.27. The van der Waals surface area contributed by atoms with E-state index in [4.69, 9.17) is 17.3 Å². The number of amides is 1. The maximum Gasteiger partial charge on any atom is 0.225 e. The Bertz CT molecular complexity index is 535.